The minimum absolute atomic E-state index is 0.176. The first-order valence-electron chi connectivity index (χ1n) is 7.86. The number of para-hydroxylation sites is 1. The number of amides is 1. The second kappa shape index (κ2) is 8.72. The molecule has 0 aliphatic carbocycles. The Balaban J connectivity index is 1.91. The van der Waals surface area contributed by atoms with Gasteiger partial charge in [-0.3, -0.25) is 4.79 Å². The van der Waals surface area contributed by atoms with Crippen LogP contribution in [0, 0.1) is 5.92 Å². The summed E-state index contributed by atoms with van der Waals surface area (Å²) in [4.78, 5) is 11.9. The van der Waals surface area contributed by atoms with Crippen molar-refractivity contribution in [3.8, 4) is 11.5 Å². The van der Waals surface area contributed by atoms with Crippen molar-refractivity contribution in [3.63, 3.8) is 0 Å². The molecule has 0 saturated heterocycles. The second-order valence-corrected chi connectivity index (χ2v) is 5.88. The van der Waals surface area contributed by atoms with Crippen molar-refractivity contribution in [2.45, 2.75) is 20.3 Å². The van der Waals surface area contributed by atoms with E-state index in [0.29, 0.717) is 12.5 Å². The van der Waals surface area contributed by atoms with Crippen molar-refractivity contribution in [2.75, 3.05) is 6.61 Å². The molecule has 2 rings (SSSR count). The smallest absolute Gasteiger partial charge is 0.244 e. The minimum atomic E-state index is -0.225. The maximum Gasteiger partial charge on any atom is 0.244 e. The quantitative estimate of drug-likeness (QED) is 0.606. The molecule has 0 spiro atoms. The Kier molecular flexibility index (Phi) is 6.37. The van der Waals surface area contributed by atoms with E-state index in [4.69, 9.17) is 4.74 Å². The molecule has 0 saturated carbocycles. The van der Waals surface area contributed by atoms with Crippen LogP contribution in [-0.2, 0) is 11.2 Å². The van der Waals surface area contributed by atoms with Crippen molar-refractivity contribution in [2.24, 2.45) is 11.0 Å². The summed E-state index contributed by atoms with van der Waals surface area (Å²) in [5.74, 6) is 1.12. The lowest BCUT2D eigenvalue weighted by atomic mass is 10.1. The molecule has 0 radical (unpaired) electrons. The zero-order chi connectivity index (χ0) is 17.4. The molecule has 5 nitrogen and oxygen atoms in total. The van der Waals surface area contributed by atoms with Gasteiger partial charge in [0.15, 0.2) is 0 Å². The Morgan fingerprint density at radius 2 is 1.92 bits per heavy atom. The highest BCUT2D eigenvalue weighted by Crippen LogP contribution is 2.16. The number of rotatable bonds is 7. The summed E-state index contributed by atoms with van der Waals surface area (Å²) >= 11 is 0. The first kappa shape index (κ1) is 17.5. The lowest BCUT2D eigenvalue weighted by Gasteiger charge is -2.10. The van der Waals surface area contributed by atoms with Crippen molar-refractivity contribution in [1.29, 1.82) is 0 Å². The molecule has 0 atom stereocenters. The fourth-order valence-electron chi connectivity index (χ4n) is 1.99. The fourth-order valence-corrected chi connectivity index (χ4v) is 1.99. The van der Waals surface area contributed by atoms with E-state index in [9.17, 15) is 9.90 Å². The summed E-state index contributed by atoms with van der Waals surface area (Å²) in [6, 6.07) is 14.1. The van der Waals surface area contributed by atoms with Crippen LogP contribution in [0.5, 0.6) is 11.5 Å². The molecule has 0 aliphatic rings. The van der Waals surface area contributed by atoms with Crippen LogP contribution in [-0.4, -0.2) is 23.8 Å². The van der Waals surface area contributed by atoms with Crippen LogP contribution in [0.4, 0.5) is 0 Å². The first-order chi connectivity index (χ1) is 11.5. The van der Waals surface area contributed by atoms with Gasteiger partial charge < -0.3 is 9.84 Å². The Hall–Kier alpha value is -2.82. The number of benzene rings is 2. The molecule has 24 heavy (non-hydrogen) atoms. The molecule has 1 amide bonds. The van der Waals surface area contributed by atoms with Gasteiger partial charge in [0.05, 0.1) is 19.2 Å². The molecule has 0 aromatic heterocycles. The summed E-state index contributed by atoms with van der Waals surface area (Å²) in [5, 5.41) is 13.2. The number of hydrogen-bond donors (Lipinski definition) is 2. The molecule has 126 valence electrons. The molecular formula is C19H22N2O3. The predicted octanol–water partition coefficient (Wildman–Crippen LogP) is 3.12. The van der Waals surface area contributed by atoms with Gasteiger partial charge in [0.2, 0.25) is 5.91 Å². The van der Waals surface area contributed by atoms with E-state index in [-0.39, 0.29) is 18.1 Å². The van der Waals surface area contributed by atoms with Gasteiger partial charge in [0.25, 0.3) is 0 Å². The molecule has 2 N–H and O–H groups in total. The predicted molar refractivity (Wildman–Crippen MR) is 94.3 cm³/mol. The third-order valence-corrected chi connectivity index (χ3v) is 3.19. The Morgan fingerprint density at radius 1 is 1.21 bits per heavy atom. The van der Waals surface area contributed by atoms with Gasteiger partial charge in [0.1, 0.15) is 11.5 Å². The van der Waals surface area contributed by atoms with E-state index < -0.39 is 0 Å². The number of hydrazone groups is 1. The molecule has 5 heteroatoms. The Labute approximate surface area is 142 Å². The topological polar surface area (TPSA) is 70.9 Å². The van der Waals surface area contributed by atoms with Gasteiger partial charge >= 0.3 is 0 Å². The lowest BCUT2D eigenvalue weighted by Crippen LogP contribution is -2.19. The van der Waals surface area contributed by atoms with Gasteiger partial charge in [-0.25, -0.2) is 5.43 Å². The van der Waals surface area contributed by atoms with Gasteiger partial charge in [-0.05, 0) is 35.7 Å². The molecular weight excluding hydrogens is 304 g/mol. The molecule has 0 bridgehead atoms. The van der Waals surface area contributed by atoms with Crippen molar-refractivity contribution in [3.05, 3.63) is 59.7 Å². The van der Waals surface area contributed by atoms with E-state index >= 15 is 0 Å². The molecule has 2 aromatic carbocycles. The van der Waals surface area contributed by atoms with E-state index in [1.807, 2.05) is 24.3 Å². The van der Waals surface area contributed by atoms with Crippen molar-refractivity contribution < 1.29 is 14.6 Å². The number of hydrogen-bond acceptors (Lipinski definition) is 4. The van der Waals surface area contributed by atoms with Crippen LogP contribution in [0.2, 0.25) is 0 Å². The molecule has 0 aliphatic heterocycles. The first-order valence-corrected chi connectivity index (χ1v) is 7.86. The van der Waals surface area contributed by atoms with Crippen LogP contribution < -0.4 is 10.2 Å². The molecule has 2 aromatic rings. The highest BCUT2D eigenvalue weighted by molar-refractivity contribution is 5.85. The van der Waals surface area contributed by atoms with Gasteiger partial charge in [0, 0.05) is 5.56 Å². The summed E-state index contributed by atoms with van der Waals surface area (Å²) in [6.07, 6.45) is 1.77. The standard InChI is InChI=1S/C19H22N2O3/c1-14(2)13-24-18-6-4-3-5-16(18)12-20-21-19(23)11-15-7-9-17(22)10-8-15/h3-10,12,14,22H,11,13H2,1-2H3,(H,21,23)/b20-12-. The summed E-state index contributed by atoms with van der Waals surface area (Å²) in [6.45, 7) is 4.79. The number of phenols is 1. The van der Waals surface area contributed by atoms with Crippen LogP contribution in [0.25, 0.3) is 0 Å². The monoisotopic (exact) mass is 326 g/mol. The Bertz CT molecular complexity index is 694. The third kappa shape index (κ3) is 5.76. The summed E-state index contributed by atoms with van der Waals surface area (Å²) in [7, 11) is 0. The van der Waals surface area contributed by atoms with Crippen molar-refractivity contribution in [1.82, 2.24) is 5.43 Å². The number of carbonyl (C=O) groups is 1. The van der Waals surface area contributed by atoms with Crippen molar-refractivity contribution >= 4 is 12.1 Å². The van der Waals surface area contributed by atoms with Crippen LogP contribution in [0.3, 0.4) is 0 Å². The average Bonchev–Trinajstić information content (AvgIpc) is 2.56. The maximum absolute atomic E-state index is 11.9. The third-order valence-electron chi connectivity index (χ3n) is 3.19. The normalized spacial score (nSPS) is 11.0. The number of carbonyl (C=O) groups excluding carboxylic acids is 1. The van der Waals surface area contributed by atoms with E-state index in [2.05, 4.69) is 24.4 Å². The number of aromatic hydroxyl groups is 1. The van der Waals surface area contributed by atoms with E-state index in [1.54, 1.807) is 30.5 Å². The summed E-state index contributed by atoms with van der Waals surface area (Å²) < 4.78 is 5.74. The van der Waals surface area contributed by atoms with E-state index in [1.165, 1.54) is 0 Å². The van der Waals surface area contributed by atoms with Crippen LogP contribution >= 0.6 is 0 Å². The van der Waals surface area contributed by atoms with Crippen LogP contribution in [0.1, 0.15) is 25.0 Å². The second-order valence-electron chi connectivity index (χ2n) is 5.88. The lowest BCUT2D eigenvalue weighted by molar-refractivity contribution is -0.120. The molecule has 0 heterocycles. The largest absolute Gasteiger partial charge is 0.508 e. The number of ether oxygens (including phenoxy) is 1. The zero-order valence-corrected chi connectivity index (χ0v) is 13.9. The van der Waals surface area contributed by atoms with Gasteiger partial charge in [-0.1, -0.05) is 38.1 Å². The number of nitrogens with one attached hydrogen (secondary N) is 1. The number of phenolic OH excluding ortho intramolecular Hbond substituents is 1. The zero-order valence-electron chi connectivity index (χ0n) is 13.9. The van der Waals surface area contributed by atoms with E-state index in [0.717, 1.165) is 16.9 Å². The maximum atomic E-state index is 11.9. The SMILES string of the molecule is CC(C)COc1ccccc1/C=N\NC(=O)Cc1ccc(O)cc1. The number of nitrogens with zero attached hydrogens (tertiary/aromatic N) is 1. The highest BCUT2D eigenvalue weighted by Gasteiger charge is 2.04. The fraction of sp³-hybridized carbons (Fsp3) is 0.263. The van der Waals surface area contributed by atoms with Gasteiger partial charge in [-0.15, -0.1) is 0 Å². The molecule has 0 fully saturated rings. The average molecular weight is 326 g/mol. The highest BCUT2D eigenvalue weighted by atomic mass is 16.5. The molecule has 0 unspecified atom stereocenters. The summed E-state index contributed by atoms with van der Waals surface area (Å²) in [5.41, 5.74) is 4.11. The van der Waals surface area contributed by atoms with Gasteiger partial charge in [-0.2, -0.15) is 5.10 Å². The Morgan fingerprint density at radius 3 is 2.62 bits per heavy atom. The van der Waals surface area contributed by atoms with Crippen LogP contribution in [0.15, 0.2) is 53.6 Å². The minimum Gasteiger partial charge on any atom is -0.508 e.